The lowest BCUT2D eigenvalue weighted by Gasteiger charge is -2.21. The van der Waals surface area contributed by atoms with E-state index in [-0.39, 0.29) is 17.1 Å². The molecule has 0 aliphatic rings. The van der Waals surface area contributed by atoms with E-state index in [0.717, 1.165) is 16.8 Å². The standard InChI is InChI=1S/C21H22ClFN2O2/c1-13-12-25(7-8-26)20-16(21(13)27)10-14(11-18(20)24(2)3)9-15-5-4-6-17(22)19(15)23/h4-6,10-12,26H,7-9H2,1-3H3. The van der Waals surface area contributed by atoms with Crippen LogP contribution in [0.2, 0.25) is 5.02 Å². The quantitative estimate of drug-likeness (QED) is 0.724. The van der Waals surface area contributed by atoms with Crippen LogP contribution in [0.4, 0.5) is 10.1 Å². The third-order valence-corrected chi connectivity index (χ3v) is 4.93. The summed E-state index contributed by atoms with van der Waals surface area (Å²) in [5.41, 5.74) is 3.46. The smallest absolute Gasteiger partial charge is 0.192 e. The zero-order valence-electron chi connectivity index (χ0n) is 15.6. The van der Waals surface area contributed by atoms with Gasteiger partial charge < -0.3 is 14.6 Å². The molecule has 0 fully saturated rings. The van der Waals surface area contributed by atoms with E-state index < -0.39 is 5.82 Å². The number of aromatic nitrogens is 1. The number of hydrogen-bond donors (Lipinski definition) is 1. The fourth-order valence-electron chi connectivity index (χ4n) is 3.35. The van der Waals surface area contributed by atoms with Gasteiger partial charge in [0.15, 0.2) is 5.43 Å². The second-order valence-corrected chi connectivity index (χ2v) is 7.26. The highest BCUT2D eigenvalue weighted by Gasteiger charge is 2.15. The number of anilines is 1. The number of benzene rings is 2. The maximum Gasteiger partial charge on any atom is 0.192 e. The highest BCUT2D eigenvalue weighted by atomic mass is 35.5. The van der Waals surface area contributed by atoms with Crippen LogP contribution in [0.1, 0.15) is 16.7 Å². The van der Waals surface area contributed by atoms with Gasteiger partial charge in [-0.15, -0.1) is 0 Å². The second-order valence-electron chi connectivity index (χ2n) is 6.85. The van der Waals surface area contributed by atoms with E-state index in [9.17, 15) is 14.3 Å². The Balaban J connectivity index is 2.26. The van der Waals surface area contributed by atoms with Gasteiger partial charge in [0, 0.05) is 44.2 Å². The van der Waals surface area contributed by atoms with Crippen LogP contribution in [0.25, 0.3) is 10.9 Å². The van der Waals surface area contributed by atoms with Crippen molar-refractivity contribution in [3.63, 3.8) is 0 Å². The van der Waals surface area contributed by atoms with Crippen LogP contribution in [0.15, 0.2) is 41.3 Å². The number of fused-ring (bicyclic) bond motifs is 1. The Labute approximate surface area is 162 Å². The van der Waals surface area contributed by atoms with Crippen molar-refractivity contribution in [2.24, 2.45) is 0 Å². The SMILES string of the molecule is Cc1cn(CCO)c2c(N(C)C)cc(Cc3cccc(Cl)c3F)cc2c1=O. The van der Waals surface area contributed by atoms with Gasteiger partial charge in [-0.1, -0.05) is 23.7 Å². The Hall–Kier alpha value is -2.37. The number of pyridine rings is 1. The molecular formula is C21H22ClFN2O2. The Bertz CT molecular complexity index is 1060. The molecule has 0 saturated carbocycles. The molecular weight excluding hydrogens is 367 g/mol. The number of hydrogen-bond acceptors (Lipinski definition) is 3. The van der Waals surface area contributed by atoms with Crippen molar-refractivity contribution in [2.75, 3.05) is 25.6 Å². The summed E-state index contributed by atoms with van der Waals surface area (Å²) in [5, 5.41) is 10.1. The minimum absolute atomic E-state index is 0.0280. The average molecular weight is 389 g/mol. The second kappa shape index (κ2) is 7.71. The summed E-state index contributed by atoms with van der Waals surface area (Å²) >= 11 is 5.90. The summed E-state index contributed by atoms with van der Waals surface area (Å²) in [6.45, 7) is 2.12. The van der Waals surface area contributed by atoms with Crippen LogP contribution in [-0.2, 0) is 13.0 Å². The molecule has 3 aromatic rings. The molecule has 0 saturated heterocycles. The van der Waals surface area contributed by atoms with E-state index in [1.165, 1.54) is 6.07 Å². The predicted octanol–water partition coefficient (Wildman–Crippen LogP) is 3.75. The molecule has 3 rings (SSSR count). The first kappa shape index (κ1) is 19.4. The Kier molecular flexibility index (Phi) is 5.53. The summed E-state index contributed by atoms with van der Waals surface area (Å²) in [6, 6.07) is 8.69. The van der Waals surface area contributed by atoms with Gasteiger partial charge in [-0.3, -0.25) is 4.79 Å². The van der Waals surface area contributed by atoms with Crippen molar-refractivity contribution < 1.29 is 9.50 Å². The van der Waals surface area contributed by atoms with E-state index in [0.29, 0.717) is 29.5 Å². The average Bonchev–Trinajstić information content (AvgIpc) is 2.63. The van der Waals surface area contributed by atoms with Crippen LogP contribution in [0, 0.1) is 12.7 Å². The van der Waals surface area contributed by atoms with Gasteiger partial charge in [0.05, 0.1) is 22.8 Å². The minimum Gasteiger partial charge on any atom is -0.395 e. The van der Waals surface area contributed by atoms with Crippen molar-refractivity contribution in [3.05, 3.63) is 74.3 Å². The van der Waals surface area contributed by atoms with E-state index in [1.54, 1.807) is 25.3 Å². The Morgan fingerprint density at radius 1 is 1.26 bits per heavy atom. The fourth-order valence-corrected chi connectivity index (χ4v) is 3.55. The monoisotopic (exact) mass is 388 g/mol. The number of halogens is 2. The lowest BCUT2D eigenvalue weighted by atomic mass is 10.00. The van der Waals surface area contributed by atoms with E-state index in [2.05, 4.69) is 0 Å². The van der Waals surface area contributed by atoms with Crippen molar-refractivity contribution in [1.82, 2.24) is 4.57 Å². The summed E-state index contributed by atoms with van der Waals surface area (Å²) in [4.78, 5) is 14.7. The number of aliphatic hydroxyl groups is 1. The predicted molar refractivity (Wildman–Crippen MR) is 109 cm³/mol. The molecule has 0 amide bonds. The topological polar surface area (TPSA) is 45.5 Å². The maximum atomic E-state index is 14.3. The molecule has 0 aliphatic carbocycles. The van der Waals surface area contributed by atoms with Crippen LogP contribution in [0.3, 0.4) is 0 Å². The van der Waals surface area contributed by atoms with Gasteiger partial charge in [-0.05, 0) is 36.2 Å². The summed E-state index contributed by atoms with van der Waals surface area (Å²) in [5.74, 6) is -0.437. The van der Waals surface area contributed by atoms with Gasteiger partial charge in [-0.25, -0.2) is 4.39 Å². The zero-order chi connectivity index (χ0) is 19.7. The molecule has 0 bridgehead atoms. The van der Waals surface area contributed by atoms with Crippen LogP contribution >= 0.6 is 11.6 Å². The summed E-state index contributed by atoms with van der Waals surface area (Å²) in [7, 11) is 3.79. The van der Waals surface area contributed by atoms with Gasteiger partial charge in [0.1, 0.15) is 5.82 Å². The lowest BCUT2D eigenvalue weighted by molar-refractivity contribution is 0.277. The molecule has 6 heteroatoms. The van der Waals surface area contributed by atoms with E-state index in [4.69, 9.17) is 11.6 Å². The third kappa shape index (κ3) is 3.70. The van der Waals surface area contributed by atoms with Crippen LogP contribution in [0.5, 0.6) is 0 Å². The van der Waals surface area contributed by atoms with Gasteiger partial charge in [-0.2, -0.15) is 0 Å². The summed E-state index contributed by atoms with van der Waals surface area (Å²) < 4.78 is 16.2. The number of rotatable bonds is 5. The largest absolute Gasteiger partial charge is 0.395 e. The number of aliphatic hydroxyl groups excluding tert-OH is 1. The number of nitrogens with zero attached hydrogens (tertiary/aromatic N) is 2. The first-order chi connectivity index (χ1) is 12.8. The highest BCUT2D eigenvalue weighted by molar-refractivity contribution is 6.30. The third-order valence-electron chi connectivity index (χ3n) is 4.64. The Morgan fingerprint density at radius 2 is 2.00 bits per heavy atom. The highest BCUT2D eigenvalue weighted by Crippen LogP contribution is 2.29. The molecule has 1 N–H and O–H groups in total. The summed E-state index contributed by atoms with van der Waals surface area (Å²) in [6.07, 6.45) is 2.10. The molecule has 2 aromatic carbocycles. The molecule has 0 aliphatic heterocycles. The Morgan fingerprint density at radius 3 is 2.67 bits per heavy atom. The molecule has 142 valence electrons. The first-order valence-electron chi connectivity index (χ1n) is 8.71. The van der Waals surface area contributed by atoms with Gasteiger partial charge >= 0.3 is 0 Å². The van der Waals surface area contributed by atoms with Crippen molar-refractivity contribution in [1.29, 1.82) is 0 Å². The van der Waals surface area contributed by atoms with Crippen molar-refractivity contribution in [3.8, 4) is 0 Å². The number of aryl methyl sites for hydroxylation is 1. The minimum atomic E-state index is -0.437. The molecule has 0 radical (unpaired) electrons. The van der Waals surface area contributed by atoms with Crippen molar-refractivity contribution in [2.45, 2.75) is 19.9 Å². The maximum absolute atomic E-state index is 14.3. The molecule has 4 nitrogen and oxygen atoms in total. The molecule has 1 aromatic heterocycles. The first-order valence-corrected chi connectivity index (χ1v) is 9.09. The zero-order valence-corrected chi connectivity index (χ0v) is 16.3. The molecule has 27 heavy (non-hydrogen) atoms. The lowest BCUT2D eigenvalue weighted by Crippen LogP contribution is -2.18. The van der Waals surface area contributed by atoms with Gasteiger partial charge in [0.25, 0.3) is 0 Å². The molecule has 1 heterocycles. The molecule has 0 spiro atoms. The molecule has 0 unspecified atom stereocenters. The van der Waals surface area contributed by atoms with E-state index >= 15 is 0 Å². The molecule has 0 atom stereocenters. The van der Waals surface area contributed by atoms with Gasteiger partial charge in [0.2, 0.25) is 0 Å². The normalized spacial score (nSPS) is 11.2. The fraction of sp³-hybridized carbons (Fsp3) is 0.286. The van der Waals surface area contributed by atoms with Crippen molar-refractivity contribution >= 4 is 28.2 Å². The van der Waals surface area contributed by atoms with Crippen LogP contribution < -0.4 is 10.3 Å². The van der Waals surface area contributed by atoms with E-state index in [1.807, 2.05) is 35.7 Å². The van der Waals surface area contributed by atoms with Crippen LogP contribution in [-0.4, -0.2) is 30.4 Å².